The number of ether oxygens (including phenoxy) is 2. The van der Waals surface area contributed by atoms with E-state index < -0.39 is 5.60 Å². The molecule has 3 aliphatic heterocycles. The Balaban J connectivity index is 1.04. The summed E-state index contributed by atoms with van der Waals surface area (Å²) >= 11 is 0. The van der Waals surface area contributed by atoms with E-state index in [0.717, 1.165) is 25.1 Å². The van der Waals surface area contributed by atoms with Gasteiger partial charge in [-0.1, -0.05) is 18.2 Å². The van der Waals surface area contributed by atoms with Crippen molar-refractivity contribution in [3.05, 3.63) is 65.7 Å². The minimum Gasteiger partial charge on any atom is -0.489 e. The largest absolute Gasteiger partial charge is 0.489 e. The Morgan fingerprint density at radius 2 is 1.33 bits per heavy atom. The molecule has 0 aliphatic carbocycles. The van der Waals surface area contributed by atoms with E-state index in [-0.39, 0.29) is 24.0 Å². The number of amides is 3. The highest BCUT2D eigenvalue weighted by Gasteiger charge is 2.37. The van der Waals surface area contributed by atoms with Crippen LogP contribution in [-0.2, 0) is 4.74 Å². The van der Waals surface area contributed by atoms with Crippen molar-refractivity contribution in [2.75, 3.05) is 52.4 Å². The lowest BCUT2D eigenvalue weighted by atomic mass is 10.0. The molecule has 0 N–H and O–H groups in total. The van der Waals surface area contributed by atoms with Gasteiger partial charge >= 0.3 is 6.09 Å². The fraction of sp³-hybridized carbons (Fsp3) is 0.500. The summed E-state index contributed by atoms with van der Waals surface area (Å²) in [4.78, 5) is 45.8. The monoisotopic (exact) mass is 534 g/mol. The maximum absolute atomic E-state index is 13.0. The normalized spacial score (nSPS) is 20.5. The standard InChI is InChI=1S/C30H38N4O5/c1-30(2,3)39-29(37)33-14-13-26(21-33)38-25-11-9-23(10-12-25)28(36)34-19-24(20-34)31-15-17-32(18-16-31)27(35)22-7-5-4-6-8-22/h4-12,24,26H,13-21H2,1-3H3/t26-/m0/s1. The number of carbonyl (C=O) groups is 3. The Bertz CT molecular complexity index is 1170. The quantitative estimate of drug-likeness (QED) is 0.585. The lowest BCUT2D eigenvalue weighted by Gasteiger charge is -2.48. The first-order chi connectivity index (χ1) is 18.7. The van der Waals surface area contributed by atoms with Crippen LogP contribution in [0.15, 0.2) is 54.6 Å². The van der Waals surface area contributed by atoms with Gasteiger partial charge in [0.05, 0.1) is 6.54 Å². The van der Waals surface area contributed by atoms with E-state index in [1.165, 1.54) is 0 Å². The van der Waals surface area contributed by atoms with Gasteiger partial charge in [-0.15, -0.1) is 0 Å². The molecule has 3 saturated heterocycles. The van der Waals surface area contributed by atoms with Crippen molar-refractivity contribution in [3.8, 4) is 5.75 Å². The van der Waals surface area contributed by atoms with E-state index in [4.69, 9.17) is 9.47 Å². The summed E-state index contributed by atoms with van der Waals surface area (Å²) in [5.41, 5.74) is 0.849. The molecule has 0 bridgehead atoms. The van der Waals surface area contributed by atoms with Crippen molar-refractivity contribution < 1.29 is 23.9 Å². The smallest absolute Gasteiger partial charge is 0.410 e. The molecule has 3 fully saturated rings. The van der Waals surface area contributed by atoms with Gasteiger partial charge in [0.2, 0.25) is 0 Å². The molecule has 0 radical (unpaired) electrons. The van der Waals surface area contributed by atoms with Gasteiger partial charge in [0.15, 0.2) is 0 Å². The van der Waals surface area contributed by atoms with Crippen LogP contribution in [0.4, 0.5) is 4.79 Å². The van der Waals surface area contributed by atoms with Crippen LogP contribution in [0.5, 0.6) is 5.75 Å². The van der Waals surface area contributed by atoms with Crippen LogP contribution in [0.2, 0.25) is 0 Å². The molecule has 9 heteroatoms. The average molecular weight is 535 g/mol. The van der Waals surface area contributed by atoms with Crippen molar-refractivity contribution in [1.29, 1.82) is 0 Å². The number of likely N-dealkylation sites (tertiary alicyclic amines) is 2. The average Bonchev–Trinajstić information content (AvgIpc) is 3.36. The lowest BCUT2D eigenvalue weighted by molar-refractivity contribution is 0.00850. The molecule has 0 unspecified atom stereocenters. The number of rotatable bonds is 5. The summed E-state index contributed by atoms with van der Waals surface area (Å²) < 4.78 is 11.5. The van der Waals surface area contributed by atoms with Crippen LogP contribution < -0.4 is 4.74 Å². The molecule has 3 aliphatic rings. The number of nitrogens with zero attached hydrogens (tertiary/aromatic N) is 4. The van der Waals surface area contributed by atoms with Gasteiger partial charge in [-0.2, -0.15) is 0 Å². The summed E-state index contributed by atoms with van der Waals surface area (Å²) in [5.74, 6) is 0.793. The van der Waals surface area contributed by atoms with Crippen LogP contribution in [0, 0.1) is 0 Å². The van der Waals surface area contributed by atoms with Crippen LogP contribution in [0.1, 0.15) is 47.9 Å². The number of benzene rings is 2. The lowest BCUT2D eigenvalue weighted by Crippen LogP contribution is -2.64. The third-order valence-electron chi connectivity index (χ3n) is 7.49. The third-order valence-corrected chi connectivity index (χ3v) is 7.49. The molecule has 2 aromatic rings. The first-order valence-corrected chi connectivity index (χ1v) is 13.8. The highest BCUT2D eigenvalue weighted by Crippen LogP contribution is 2.24. The van der Waals surface area contributed by atoms with Crippen molar-refractivity contribution in [2.45, 2.75) is 44.9 Å². The van der Waals surface area contributed by atoms with E-state index in [1.807, 2.05) is 73.0 Å². The topological polar surface area (TPSA) is 82.6 Å². The Morgan fingerprint density at radius 1 is 0.718 bits per heavy atom. The van der Waals surface area contributed by atoms with Gasteiger partial charge in [0.25, 0.3) is 11.8 Å². The molecule has 9 nitrogen and oxygen atoms in total. The van der Waals surface area contributed by atoms with E-state index in [1.54, 1.807) is 17.0 Å². The summed E-state index contributed by atoms with van der Waals surface area (Å²) in [6.45, 7) is 11.1. The number of hydrogen-bond acceptors (Lipinski definition) is 6. The second-order valence-electron chi connectivity index (χ2n) is 11.5. The maximum atomic E-state index is 13.0. The maximum Gasteiger partial charge on any atom is 0.410 e. The molecule has 1 atom stereocenters. The van der Waals surface area contributed by atoms with Gasteiger partial charge < -0.3 is 24.2 Å². The molecule has 5 rings (SSSR count). The van der Waals surface area contributed by atoms with Gasteiger partial charge in [-0.25, -0.2) is 4.79 Å². The summed E-state index contributed by atoms with van der Waals surface area (Å²) in [7, 11) is 0. The van der Waals surface area contributed by atoms with Crippen molar-refractivity contribution in [2.24, 2.45) is 0 Å². The SMILES string of the molecule is CC(C)(C)OC(=O)N1CC[C@H](Oc2ccc(C(=O)N3CC(N4CCN(C(=O)c5ccccc5)CC4)C3)cc2)C1. The van der Waals surface area contributed by atoms with E-state index in [9.17, 15) is 14.4 Å². The van der Waals surface area contributed by atoms with Crippen molar-refractivity contribution in [3.63, 3.8) is 0 Å². The fourth-order valence-corrected chi connectivity index (χ4v) is 5.27. The van der Waals surface area contributed by atoms with Crippen LogP contribution >= 0.6 is 0 Å². The molecule has 0 spiro atoms. The molecule has 0 aromatic heterocycles. The minimum atomic E-state index is -0.521. The molecular formula is C30H38N4O5. The van der Waals surface area contributed by atoms with Gasteiger partial charge in [0, 0.05) is 69.4 Å². The van der Waals surface area contributed by atoms with Crippen molar-refractivity contribution in [1.82, 2.24) is 19.6 Å². The van der Waals surface area contributed by atoms with Crippen LogP contribution in [-0.4, -0.2) is 108 Å². The highest BCUT2D eigenvalue weighted by atomic mass is 16.6. The Labute approximate surface area is 230 Å². The summed E-state index contributed by atoms with van der Waals surface area (Å²) in [6.07, 6.45) is 0.327. The van der Waals surface area contributed by atoms with Gasteiger partial charge in [-0.3, -0.25) is 14.5 Å². The predicted molar refractivity (Wildman–Crippen MR) is 147 cm³/mol. The first kappa shape index (κ1) is 27.0. The van der Waals surface area contributed by atoms with Crippen LogP contribution in [0.25, 0.3) is 0 Å². The minimum absolute atomic E-state index is 0.0210. The van der Waals surface area contributed by atoms with Gasteiger partial charge in [-0.05, 0) is 57.2 Å². The summed E-state index contributed by atoms with van der Waals surface area (Å²) in [6, 6.07) is 17.0. The van der Waals surface area contributed by atoms with Crippen molar-refractivity contribution >= 4 is 17.9 Å². The molecule has 0 saturated carbocycles. The molecule has 208 valence electrons. The van der Waals surface area contributed by atoms with E-state index >= 15 is 0 Å². The highest BCUT2D eigenvalue weighted by molar-refractivity contribution is 5.95. The fourth-order valence-electron chi connectivity index (χ4n) is 5.27. The third kappa shape index (κ3) is 6.53. The van der Waals surface area contributed by atoms with Gasteiger partial charge in [0.1, 0.15) is 17.5 Å². The Morgan fingerprint density at radius 3 is 1.97 bits per heavy atom. The predicted octanol–water partition coefficient (Wildman–Crippen LogP) is 3.36. The zero-order valence-electron chi connectivity index (χ0n) is 23.0. The number of hydrogen-bond donors (Lipinski definition) is 0. The molecule has 3 heterocycles. The molecule has 39 heavy (non-hydrogen) atoms. The Hall–Kier alpha value is -3.59. The molecule has 3 amide bonds. The number of piperazine rings is 1. The summed E-state index contributed by atoms with van der Waals surface area (Å²) in [5, 5.41) is 0. The zero-order valence-corrected chi connectivity index (χ0v) is 23.0. The van der Waals surface area contributed by atoms with E-state index in [0.29, 0.717) is 56.6 Å². The molecular weight excluding hydrogens is 496 g/mol. The zero-order chi connectivity index (χ0) is 27.6. The first-order valence-electron chi connectivity index (χ1n) is 13.8. The van der Waals surface area contributed by atoms with E-state index in [2.05, 4.69) is 4.90 Å². The second kappa shape index (κ2) is 11.3. The second-order valence-corrected chi connectivity index (χ2v) is 11.5. The molecule has 2 aromatic carbocycles. The number of carbonyl (C=O) groups excluding carboxylic acids is 3. The Kier molecular flexibility index (Phi) is 7.79. The van der Waals surface area contributed by atoms with Crippen LogP contribution in [0.3, 0.4) is 0 Å².